The number of fused-ring (bicyclic) bond motifs is 3. The molecule has 0 saturated heterocycles. The lowest BCUT2D eigenvalue weighted by atomic mass is 9.75. The minimum Gasteiger partial charge on any atom is -0.496 e. The van der Waals surface area contributed by atoms with E-state index < -0.39 is 0 Å². The Hall–Kier alpha value is -3.25. The second kappa shape index (κ2) is 8.94. The fraction of sp³-hybridized carbons (Fsp3) is 0.370. The van der Waals surface area contributed by atoms with Crippen LogP contribution < -0.4 is 14.8 Å². The number of amides is 1. The molecule has 2 aromatic carbocycles. The highest BCUT2D eigenvalue weighted by molar-refractivity contribution is 6.04. The molecule has 2 heterocycles. The van der Waals surface area contributed by atoms with Crippen molar-refractivity contribution >= 4 is 11.6 Å². The molecule has 6 nitrogen and oxygen atoms in total. The molecule has 6 heteroatoms. The maximum absolute atomic E-state index is 12.7. The third-order valence-corrected chi connectivity index (χ3v) is 6.84. The molecule has 1 aliphatic carbocycles. The van der Waals surface area contributed by atoms with E-state index in [0.29, 0.717) is 22.9 Å². The lowest BCUT2D eigenvalue weighted by Gasteiger charge is -2.42. The average molecular weight is 448 g/mol. The number of carbonyl (C=O) groups is 1. The van der Waals surface area contributed by atoms with Crippen molar-refractivity contribution in [1.82, 2.24) is 0 Å². The number of carbonyl (C=O) groups excluding carboxylic acids is 1. The number of hydrogen-bond donors (Lipinski definition) is 1. The Kier molecular flexibility index (Phi) is 5.85. The molecule has 1 saturated carbocycles. The Morgan fingerprint density at radius 3 is 2.48 bits per heavy atom. The van der Waals surface area contributed by atoms with Gasteiger partial charge in [-0.3, -0.25) is 4.79 Å². The number of hydrogen-bond acceptors (Lipinski definition) is 5. The van der Waals surface area contributed by atoms with Crippen LogP contribution in [0.15, 0.2) is 53.1 Å². The van der Waals surface area contributed by atoms with E-state index in [0.717, 1.165) is 41.9 Å². The van der Waals surface area contributed by atoms with E-state index in [1.165, 1.54) is 18.2 Å². The molecule has 3 aromatic rings. The minimum absolute atomic E-state index is 0.129. The molecule has 0 radical (unpaired) electrons. The SMILES string of the molecule is COc1ccc(OC)c2c1[C@H](c1cccc(NC(=O)c3ccoc3C)c1)O[C@H]1CCCC[C@H]21. The maximum atomic E-state index is 12.7. The first-order chi connectivity index (χ1) is 16.1. The van der Waals surface area contributed by atoms with E-state index in [1.54, 1.807) is 27.2 Å². The predicted octanol–water partition coefficient (Wildman–Crippen LogP) is 6.00. The summed E-state index contributed by atoms with van der Waals surface area (Å²) < 4.78 is 23.6. The zero-order chi connectivity index (χ0) is 22.9. The lowest BCUT2D eigenvalue weighted by Crippen LogP contribution is -2.34. The van der Waals surface area contributed by atoms with Crippen molar-refractivity contribution < 1.29 is 23.4 Å². The Balaban J connectivity index is 1.55. The summed E-state index contributed by atoms with van der Waals surface area (Å²) in [4.78, 5) is 12.7. The van der Waals surface area contributed by atoms with Gasteiger partial charge in [0.1, 0.15) is 23.4 Å². The molecule has 0 spiro atoms. The first kappa shape index (κ1) is 21.6. The van der Waals surface area contributed by atoms with Crippen molar-refractivity contribution in [3.63, 3.8) is 0 Å². The Bertz CT molecular complexity index is 1170. The molecular formula is C27H29NO5. The van der Waals surface area contributed by atoms with Gasteiger partial charge in [-0.1, -0.05) is 25.0 Å². The fourth-order valence-corrected chi connectivity index (χ4v) is 5.28. The molecule has 1 amide bonds. The number of nitrogens with one attached hydrogen (secondary N) is 1. The van der Waals surface area contributed by atoms with Crippen molar-refractivity contribution in [2.24, 2.45) is 0 Å². The summed E-state index contributed by atoms with van der Waals surface area (Å²) in [6.07, 6.45) is 5.79. The predicted molar refractivity (Wildman–Crippen MR) is 125 cm³/mol. The number of methoxy groups -OCH3 is 2. The van der Waals surface area contributed by atoms with Crippen LogP contribution in [0.1, 0.15) is 70.5 Å². The number of aryl methyl sites for hydroxylation is 1. The van der Waals surface area contributed by atoms with Gasteiger partial charge < -0.3 is 23.9 Å². The molecule has 0 bridgehead atoms. The summed E-state index contributed by atoms with van der Waals surface area (Å²) in [5.41, 5.74) is 4.41. The van der Waals surface area contributed by atoms with Gasteiger partial charge >= 0.3 is 0 Å². The van der Waals surface area contributed by atoms with Gasteiger partial charge in [0.05, 0.1) is 32.2 Å². The number of rotatable bonds is 5. The molecule has 33 heavy (non-hydrogen) atoms. The van der Waals surface area contributed by atoms with Gasteiger partial charge in [0, 0.05) is 22.7 Å². The van der Waals surface area contributed by atoms with Crippen molar-refractivity contribution in [3.8, 4) is 11.5 Å². The van der Waals surface area contributed by atoms with Gasteiger partial charge in [-0.05, 0) is 55.7 Å². The fourth-order valence-electron chi connectivity index (χ4n) is 5.28. The molecule has 5 rings (SSSR count). The van der Waals surface area contributed by atoms with Gasteiger partial charge in [-0.25, -0.2) is 0 Å². The van der Waals surface area contributed by atoms with Crippen molar-refractivity contribution in [2.45, 2.75) is 50.7 Å². The quantitative estimate of drug-likeness (QED) is 0.519. The molecule has 0 unspecified atom stereocenters. The van der Waals surface area contributed by atoms with Gasteiger partial charge in [-0.2, -0.15) is 0 Å². The van der Waals surface area contributed by atoms with Gasteiger partial charge in [0.25, 0.3) is 5.91 Å². The van der Waals surface area contributed by atoms with E-state index in [9.17, 15) is 4.79 Å². The van der Waals surface area contributed by atoms with Gasteiger partial charge in [0.15, 0.2) is 0 Å². The minimum atomic E-state index is -0.308. The zero-order valence-corrected chi connectivity index (χ0v) is 19.2. The number of benzene rings is 2. The Morgan fingerprint density at radius 1 is 1.00 bits per heavy atom. The van der Waals surface area contributed by atoms with Gasteiger partial charge in [0.2, 0.25) is 0 Å². The van der Waals surface area contributed by atoms with Gasteiger partial charge in [-0.15, -0.1) is 0 Å². The number of anilines is 1. The summed E-state index contributed by atoms with van der Waals surface area (Å²) in [5, 5.41) is 2.99. The maximum Gasteiger partial charge on any atom is 0.259 e. The topological polar surface area (TPSA) is 69.9 Å². The van der Waals surface area contributed by atoms with E-state index in [-0.39, 0.29) is 18.1 Å². The third kappa shape index (κ3) is 3.89. The molecule has 1 N–H and O–H groups in total. The van der Waals surface area contributed by atoms with E-state index in [4.69, 9.17) is 18.6 Å². The second-order valence-electron chi connectivity index (χ2n) is 8.71. The molecule has 1 aromatic heterocycles. The second-order valence-corrected chi connectivity index (χ2v) is 8.71. The molecule has 3 atom stereocenters. The van der Waals surface area contributed by atoms with Crippen LogP contribution >= 0.6 is 0 Å². The first-order valence-corrected chi connectivity index (χ1v) is 11.5. The van der Waals surface area contributed by atoms with Crippen LogP contribution in [0.3, 0.4) is 0 Å². The van der Waals surface area contributed by atoms with Crippen LogP contribution in [0.2, 0.25) is 0 Å². The third-order valence-electron chi connectivity index (χ3n) is 6.84. The summed E-state index contributed by atoms with van der Waals surface area (Å²) in [5.74, 6) is 2.37. The van der Waals surface area contributed by atoms with E-state index in [1.807, 2.05) is 36.4 Å². The molecule has 172 valence electrons. The van der Waals surface area contributed by atoms with E-state index >= 15 is 0 Å². The smallest absolute Gasteiger partial charge is 0.259 e. The summed E-state index contributed by atoms with van der Waals surface area (Å²) in [7, 11) is 3.41. The van der Waals surface area contributed by atoms with Crippen molar-refractivity contribution in [3.05, 3.63) is 76.7 Å². The monoisotopic (exact) mass is 447 g/mol. The van der Waals surface area contributed by atoms with E-state index in [2.05, 4.69) is 5.32 Å². The molecule has 2 aliphatic rings. The largest absolute Gasteiger partial charge is 0.496 e. The molecule has 1 fully saturated rings. The highest BCUT2D eigenvalue weighted by Crippen LogP contribution is 2.53. The molecular weight excluding hydrogens is 418 g/mol. The summed E-state index contributed by atoms with van der Waals surface area (Å²) in [6, 6.07) is 13.5. The van der Waals surface area contributed by atoms with Crippen LogP contribution in [-0.2, 0) is 4.74 Å². The standard InChI is InChI=1S/C27H29NO5/c1-16-19(13-14-32-16)27(29)28-18-8-6-7-17(15-18)26-25-23(31-3)12-11-22(30-2)24(25)20-9-4-5-10-21(20)33-26/h6-8,11-15,20-21,26H,4-5,9-10H2,1-3H3,(H,28,29)/t20-,21-,26-/m0/s1. The van der Waals surface area contributed by atoms with Crippen LogP contribution in [-0.4, -0.2) is 26.2 Å². The van der Waals surface area contributed by atoms with Crippen molar-refractivity contribution in [1.29, 1.82) is 0 Å². The Labute approximate surface area is 193 Å². The lowest BCUT2D eigenvalue weighted by molar-refractivity contribution is -0.0406. The summed E-state index contributed by atoms with van der Waals surface area (Å²) in [6.45, 7) is 1.78. The van der Waals surface area contributed by atoms with Crippen LogP contribution in [0.25, 0.3) is 0 Å². The highest BCUT2D eigenvalue weighted by atomic mass is 16.5. The highest BCUT2D eigenvalue weighted by Gasteiger charge is 2.41. The van der Waals surface area contributed by atoms with Crippen LogP contribution in [0, 0.1) is 6.92 Å². The summed E-state index contributed by atoms with van der Waals surface area (Å²) >= 11 is 0. The molecule has 1 aliphatic heterocycles. The van der Waals surface area contributed by atoms with Crippen molar-refractivity contribution in [2.75, 3.05) is 19.5 Å². The number of furan rings is 1. The normalized spacial score (nSPS) is 21.6. The zero-order valence-electron chi connectivity index (χ0n) is 19.2. The van der Waals surface area contributed by atoms with Crippen LogP contribution in [0.4, 0.5) is 5.69 Å². The first-order valence-electron chi connectivity index (χ1n) is 11.5. The Morgan fingerprint density at radius 2 is 1.76 bits per heavy atom. The van der Waals surface area contributed by atoms with Crippen LogP contribution in [0.5, 0.6) is 11.5 Å². The number of ether oxygens (including phenoxy) is 3. The average Bonchev–Trinajstić information content (AvgIpc) is 3.28.